The van der Waals surface area contributed by atoms with Crippen LogP contribution in [0, 0.1) is 0 Å². The molecule has 0 aromatic carbocycles. The van der Waals surface area contributed by atoms with Gasteiger partial charge in [-0.2, -0.15) is 0 Å². The van der Waals surface area contributed by atoms with Crippen LogP contribution in [0.4, 0.5) is 0 Å². The second kappa shape index (κ2) is 61.7. The molecule has 0 heterocycles. The fourth-order valence-corrected chi connectivity index (χ4v) is 9.68. The summed E-state index contributed by atoms with van der Waals surface area (Å²) in [5.41, 5.74) is 0. The van der Waals surface area contributed by atoms with E-state index in [4.69, 9.17) is 14.2 Å². The van der Waals surface area contributed by atoms with Gasteiger partial charge < -0.3 is 14.2 Å². The van der Waals surface area contributed by atoms with Crippen LogP contribution < -0.4 is 0 Å². The maximum atomic E-state index is 12.9. The third-order valence-corrected chi connectivity index (χ3v) is 14.5. The molecule has 0 rings (SSSR count). The molecule has 1 atom stereocenters. The average molecular weight is 986 g/mol. The van der Waals surface area contributed by atoms with E-state index in [0.717, 1.165) is 44.9 Å². The lowest BCUT2D eigenvalue weighted by atomic mass is 10.0. The molecular formula is C65H124O5. The van der Waals surface area contributed by atoms with E-state index in [-0.39, 0.29) is 18.5 Å². The van der Waals surface area contributed by atoms with E-state index < -0.39 is 6.10 Å². The first-order valence-electron chi connectivity index (χ1n) is 31.9. The van der Waals surface area contributed by atoms with E-state index in [9.17, 15) is 9.59 Å². The maximum absolute atomic E-state index is 12.9. The Morgan fingerprint density at radius 2 is 0.557 bits per heavy atom. The number of carbonyl (C=O) groups excluding carboxylic acids is 2. The van der Waals surface area contributed by atoms with Gasteiger partial charge >= 0.3 is 11.9 Å². The van der Waals surface area contributed by atoms with E-state index in [0.29, 0.717) is 26.1 Å². The van der Waals surface area contributed by atoms with Crippen molar-refractivity contribution in [2.75, 3.05) is 19.8 Å². The highest BCUT2D eigenvalue weighted by Gasteiger charge is 2.18. The second-order valence-corrected chi connectivity index (χ2v) is 21.7. The highest BCUT2D eigenvalue weighted by atomic mass is 16.6. The standard InChI is InChI=1S/C65H124O5/c1-4-7-10-13-16-19-22-25-28-30-32-34-36-39-42-45-48-51-54-57-60-68-61-63(70-65(67)59-56-53-50-47-44-41-37-27-24-21-18-15-12-9-6-3)62-69-64(66)58-55-52-49-46-43-40-38-35-33-31-29-26-23-20-17-14-11-8-5-2/h25,27-28,37,63H,4-24,26,29-36,38-62H2,1-3H3/b28-25-,37-27-. The van der Waals surface area contributed by atoms with Crippen LogP contribution in [0.5, 0.6) is 0 Å². The van der Waals surface area contributed by atoms with Crippen molar-refractivity contribution in [3.05, 3.63) is 24.3 Å². The first-order chi connectivity index (χ1) is 34.6. The third kappa shape index (κ3) is 58.9. The smallest absolute Gasteiger partial charge is 0.306 e. The Kier molecular flexibility index (Phi) is 60.3. The van der Waals surface area contributed by atoms with Crippen LogP contribution in [0.15, 0.2) is 24.3 Å². The first-order valence-corrected chi connectivity index (χ1v) is 31.9. The molecule has 414 valence electrons. The van der Waals surface area contributed by atoms with E-state index >= 15 is 0 Å². The van der Waals surface area contributed by atoms with Gasteiger partial charge in [0.2, 0.25) is 0 Å². The Hall–Kier alpha value is -1.62. The SMILES string of the molecule is CCCCCCCC/C=C\CCCCCCCCCCCCOCC(COC(=O)CCCCCCCCCCCCCCCCCCCCC)OC(=O)CCCCCCC/C=C\CCCCCCCC. The molecular weight excluding hydrogens is 861 g/mol. The second-order valence-electron chi connectivity index (χ2n) is 21.7. The minimum atomic E-state index is -0.536. The lowest BCUT2D eigenvalue weighted by Gasteiger charge is -2.18. The van der Waals surface area contributed by atoms with Gasteiger partial charge in [0, 0.05) is 19.4 Å². The monoisotopic (exact) mass is 985 g/mol. The van der Waals surface area contributed by atoms with Gasteiger partial charge in [0.05, 0.1) is 6.61 Å². The quantitative estimate of drug-likeness (QED) is 0.0345. The molecule has 0 aliphatic rings. The molecule has 0 saturated carbocycles. The van der Waals surface area contributed by atoms with E-state index in [1.54, 1.807) is 0 Å². The molecule has 70 heavy (non-hydrogen) atoms. The lowest BCUT2D eigenvalue weighted by molar-refractivity contribution is -0.163. The Bertz CT molecular complexity index is 1070. The lowest BCUT2D eigenvalue weighted by Crippen LogP contribution is -2.30. The Morgan fingerprint density at radius 1 is 0.300 bits per heavy atom. The van der Waals surface area contributed by atoms with Crippen LogP contribution in [-0.4, -0.2) is 37.9 Å². The molecule has 0 saturated heterocycles. The highest BCUT2D eigenvalue weighted by Crippen LogP contribution is 2.17. The molecule has 0 aliphatic carbocycles. The number of hydrogen-bond donors (Lipinski definition) is 0. The molecule has 0 N–H and O–H groups in total. The molecule has 5 heteroatoms. The van der Waals surface area contributed by atoms with Crippen molar-refractivity contribution in [1.29, 1.82) is 0 Å². The molecule has 1 unspecified atom stereocenters. The van der Waals surface area contributed by atoms with Crippen molar-refractivity contribution in [1.82, 2.24) is 0 Å². The van der Waals surface area contributed by atoms with Gasteiger partial charge in [-0.3, -0.25) is 9.59 Å². The zero-order valence-electron chi connectivity index (χ0n) is 47.8. The minimum absolute atomic E-state index is 0.0893. The predicted octanol–water partition coefficient (Wildman–Crippen LogP) is 21.9. The molecule has 0 aromatic rings. The van der Waals surface area contributed by atoms with E-state index in [1.807, 2.05) is 0 Å². The summed E-state index contributed by atoms with van der Waals surface area (Å²) in [4.78, 5) is 25.6. The average Bonchev–Trinajstić information content (AvgIpc) is 3.36. The number of hydrogen-bond acceptors (Lipinski definition) is 5. The fraction of sp³-hybridized carbons (Fsp3) is 0.908. The minimum Gasteiger partial charge on any atom is -0.462 e. The van der Waals surface area contributed by atoms with Crippen LogP contribution in [0.1, 0.15) is 355 Å². The predicted molar refractivity (Wildman–Crippen MR) is 307 cm³/mol. The molecule has 0 fully saturated rings. The number of carbonyl (C=O) groups is 2. The van der Waals surface area contributed by atoms with Crippen LogP contribution in [-0.2, 0) is 23.8 Å². The van der Waals surface area contributed by atoms with E-state index in [2.05, 4.69) is 45.1 Å². The summed E-state index contributed by atoms with van der Waals surface area (Å²) in [6.45, 7) is 7.89. The zero-order valence-corrected chi connectivity index (χ0v) is 47.8. The van der Waals surface area contributed by atoms with Crippen molar-refractivity contribution < 1.29 is 23.8 Å². The van der Waals surface area contributed by atoms with Crippen LogP contribution in [0.2, 0.25) is 0 Å². The molecule has 5 nitrogen and oxygen atoms in total. The Labute approximate surface area is 438 Å². The van der Waals surface area contributed by atoms with Gasteiger partial charge in [-0.15, -0.1) is 0 Å². The van der Waals surface area contributed by atoms with Crippen molar-refractivity contribution in [2.45, 2.75) is 361 Å². The molecule has 0 amide bonds. The van der Waals surface area contributed by atoms with Gasteiger partial charge in [-0.05, 0) is 70.6 Å². The summed E-state index contributed by atoms with van der Waals surface area (Å²) in [6.07, 6.45) is 75.0. The zero-order chi connectivity index (χ0) is 50.6. The molecule has 0 radical (unpaired) electrons. The van der Waals surface area contributed by atoms with Gasteiger partial charge in [0.1, 0.15) is 6.61 Å². The van der Waals surface area contributed by atoms with Gasteiger partial charge in [-0.25, -0.2) is 0 Å². The topological polar surface area (TPSA) is 61.8 Å². The first kappa shape index (κ1) is 68.4. The van der Waals surface area contributed by atoms with Crippen molar-refractivity contribution in [3.63, 3.8) is 0 Å². The maximum Gasteiger partial charge on any atom is 0.306 e. The number of ether oxygens (including phenoxy) is 3. The number of unbranched alkanes of at least 4 members (excludes halogenated alkanes) is 45. The summed E-state index contributed by atoms with van der Waals surface area (Å²) in [6, 6.07) is 0. The normalized spacial score (nSPS) is 12.2. The highest BCUT2D eigenvalue weighted by molar-refractivity contribution is 5.70. The Balaban J connectivity index is 4.20. The largest absolute Gasteiger partial charge is 0.462 e. The fourth-order valence-electron chi connectivity index (χ4n) is 9.68. The summed E-state index contributed by atoms with van der Waals surface area (Å²) in [5.74, 6) is -0.381. The van der Waals surface area contributed by atoms with Gasteiger partial charge in [0.25, 0.3) is 0 Å². The van der Waals surface area contributed by atoms with Gasteiger partial charge in [0.15, 0.2) is 6.10 Å². The van der Waals surface area contributed by atoms with E-state index in [1.165, 1.54) is 276 Å². The molecule has 0 spiro atoms. The summed E-state index contributed by atoms with van der Waals surface area (Å²) < 4.78 is 17.5. The molecule has 0 aliphatic heterocycles. The molecule has 0 bridgehead atoms. The van der Waals surface area contributed by atoms with Crippen LogP contribution >= 0.6 is 0 Å². The summed E-state index contributed by atoms with van der Waals surface area (Å²) >= 11 is 0. The van der Waals surface area contributed by atoms with Crippen LogP contribution in [0.25, 0.3) is 0 Å². The third-order valence-electron chi connectivity index (χ3n) is 14.5. The van der Waals surface area contributed by atoms with Crippen LogP contribution in [0.3, 0.4) is 0 Å². The van der Waals surface area contributed by atoms with Crippen molar-refractivity contribution in [3.8, 4) is 0 Å². The summed E-state index contributed by atoms with van der Waals surface area (Å²) in [5, 5.41) is 0. The number of esters is 2. The Morgan fingerprint density at radius 3 is 0.871 bits per heavy atom. The van der Waals surface area contributed by atoms with Crippen molar-refractivity contribution in [2.24, 2.45) is 0 Å². The number of allylic oxidation sites excluding steroid dienone is 4. The molecule has 0 aromatic heterocycles. The number of rotatable bonds is 60. The van der Waals surface area contributed by atoms with Gasteiger partial charge in [-0.1, -0.05) is 295 Å². The summed E-state index contributed by atoms with van der Waals surface area (Å²) in [7, 11) is 0. The van der Waals surface area contributed by atoms with Crippen molar-refractivity contribution >= 4 is 11.9 Å².